The van der Waals surface area contributed by atoms with Gasteiger partial charge in [-0.15, -0.1) is 0 Å². The van der Waals surface area contributed by atoms with Crippen molar-refractivity contribution in [3.8, 4) is 5.75 Å². The van der Waals surface area contributed by atoms with Gasteiger partial charge >= 0.3 is 5.97 Å². The highest BCUT2D eigenvalue weighted by Gasteiger charge is 2.42. The van der Waals surface area contributed by atoms with Gasteiger partial charge in [0.2, 0.25) is 0 Å². The average Bonchev–Trinajstić information content (AvgIpc) is 2.98. The van der Waals surface area contributed by atoms with Crippen molar-refractivity contribution in [3.63, 3.8) is 0 Å². The highest BCUT2D eigenvalue weighted by molar-refractivity contribution is 7.80. The SMILES string of the molecule is COc1cc(C)c(N(C(CN2C(=O)c3ccccc3C2=O)C(=O)OC(C)(C)C)S(=O)[O-])c(C)c1. The zero-order chi connectivity index (χ0) is 25.4. The number of benzene rings is 2. The van der Waals surface area contributed by atoms with E-state index < -0.39 is 47.2 Å². The number of ether oxygens (including phenoxy) is 2. The van der Waals surface area contributed by atoms with Crippen LogP contribution in [-0.2, 0) is 20.8 Å². The molecule has 3 rings (SSSR count). The number of fused-ring (bicyclic) bond motifs is 1. The van der Waals surface area contributed by atoms with Crippen LogP contribution in [-0.4, -0.2) is 56.7 Å². The lowest BCUT2D eigenvalue weighted by Crippen LogP contribution is -2.53. The Bertz CT molecular complexity index is 1110. The van der Waals surface area contributed by atoms with Gasteiger partial charge in [-0.1, -0.05) is 12.1 Å². The summed E-state index contributed by atoms with van der Waals surface area (Å²) in [5.74, 6) is -1.57. The van der Waals surface area contributed by atoms with Crippen LogP contribution in [0.25, 0.3) is 0 Å². The lowest BCUT2D eigenvalue weighted by Gasteiger charge is -2.37. The molecule has 0 aromatic heterocycles. The normalized spacial score (nSPS) is 15.1. The number of rotatable bonds is 7. The molecule has 1 aliphatic heterocycles. The van der Waals surface area contributed by atoms with Crippen molar-refractivity contribution in [3.05, 3.63) is 58.7 Å². The summed E-state index contributed by atoms with van der Waals surface area (Å²) in [6.45, 7) is 7.78. The predicted octanol–water partition coefficient (Wildman–Crippen LogP) is 2.92. The van der Waals surface area contributed by atoms with E-state index in [4.69, 9.17) is 9.47 Å². The topological polar surface area (TPSA) is 116 Å². The minimum atomic E-state index is -2.94. The van der Waals surface area contributed by atoms with Crippen molar-refractivity contribution >= 4 is 34.7 Å². The number of carbonyl (C=O) groups excluding carboxylic acids is 3. The van der Waals surface area contributed by atoms with Crippen LogP contribution in [0.15, 0.2) is 36.4 Å². The molecule has 0 spiro atoms. The Morgan fingerprint density at radius 1 is 1.09 bits per heavy atom. The number of hydrogen-bond acceptors (Lipinski definition) is 7. The van der Waals surface area contributed by atoms with E-state index in [9.17, 15) is 23.1 Å². The van der Waals surface area contributed by atoms with Crippen LogP contribution in [0.5, 0.6) is 5.75 Å². The Morgan fingerprint density at radius 2 is 1.59 bits per heavy atom. The third kappa shape index (κ3) is 4.97. The van der Waals surface area contributed by atoms with Gasteiger partial charge in [0.15, 0.2) is 6.04 Å². The molecule has 0 bridgehead atoms. The van der Waals surface area contributed by atoms with Crippen molar-refractivity contribution in [2.75, 3.05) is 18.0 Å². The molecule has 2 aromatic rings. The molecular weight excluding hydrogens is 460 g/mol. The van der Waals surface area contributed by atoms with E-state index in [0.29, 0.717) is 16.9 Å². The molecule has 1 heterocycles. The highest BCUT2D eigenvalue weighted by Crippen LogP contribution is 2.33. The second-order valence-electron chi connectivity index (χ2n) is 8.97. The number of amides is 2. The largest absolute Gasteiger partial charge is 0.755 e. The number of esters is 1. The van der Waals surface area contributed by atoms with Crippen molar-refractivity contribution in [2.45, 2.75) is 46.3 Å². The maximum absolute atomic E-state index is 13.3. The number of carbonyl (C=O) groups is 3. The zero-order valence-electron chi connectivity index (χ0n) is 19.9. The maximum atomic E-state index is 13.3. The number of methoxy groups -OCH3 is 1. The van der Waals surface area contributed by atoms with Gasteiger partial charge in [-0.2, -0.15) is 0 Å². The molecule has 2 unspecified atom stereocenters. The molecule has 0 saturated carbocycles. The molecule has 2 atom stereocenters. The quantitative estimate of drug-likeness (QED) is 0.335. The van der Waals surface area contributed by atoms with E-state index in [2.05, 4.69) is 0 Å². The summed E-state index contributed by atoms with van der Waals surface area (Å²) >= 11 is -2.94. The van der Waals surface area contributed by atoms with E-state index in [0.717, 1.165) is 9.21 Å². The molecule has 9 nitrogen and oxygen atoms in total. The average molecular weight is 488 g/mol. The van der Waals surface area contributed by atoms with Crippen LogP contribution in [0.4, 0.5) is 5.69 Å². The molecule has 0 fully saturated rings. The number of aryl methyl sites for hydroxylation is 2. The smallest absolute Gasteiger partial charge is 0.332 e. The van der Waals surface area contributed by atoms with Gasteiger partial charge in [-0.3, -0.25) is 23.0 Å². The first kappa shape index (κ1) is 25.4. The van der Waals surface area contributed by atoms with Gasteiger partial charge in [0.25, 0.3) is 11.8 Å². The number of nitrogens with zero attached hydrogens (tertiary/aromatic N) is 2. The van der Waals surface area contributed by atoms with Gasteiger partial charge in [0, 0.05) is 11.3 Å². The lowest BCUT2D eigenvalue weighted by atomic mass is 10.1. The highest BCUT2D eigenvalue weighted by atomic mass is 32.2. The number of imide groups is 1. The molecule has 0 aliphatic carbocycles. The van der Waals surface area contributed by atoms with Crippen molar-refractivity contribution < 1.29 is 32.6 Å². The Morgan fingerprint density at radius 3 is 2.00 bits per heavy atom. The van der Waals surface area contributed by atoms with E-state index in [1.807, 2.05) is 0 Å². The Hall–Kier alpha value is -3.24. The Balaban J connectivity index is 2.10. The van der Waals surface area contributed by atoms with Gasteiger partial charge < -0.3 is 14.0 Å². The molecule has 1 aliphatic rings. The van der Waals surface area contributed by atoms with Crippen molar-refractivity contribution in [1.29, 1.82) is 0 Å². The van der Waals surface area contributed by atoms with Gasteiger partial charge in [0.05, 0.1) is 30.5 Å². The standard InChI is InChI=1S/C24H28N2O7S/c1-14-11-16(32-6)12-15(2)20(14)26(34(30)31)19(23(29)33-24(3,4)5)13-25-21(27)17-9-7-8-10-18(17)22(25)28/h7-12,19H,13H2,1-6H3,(H,30,31)/p-1. The summed E-state index contributed by atoms with van der Waals surface area (Å²) < 4.78 is 36.7. The summed E-state index contributed by atoms with van der Waals surface area (Å²) in [6, 6.07) is 8.04. The fourth-order valence-corrected chi connectivity index (χ4v) is 4.71. The first-order chi connectivity index (χ1) is 15.9. The molecule has 2 aromatic carbocycles. The Labute approximate surface area is 201 Å². The van der Waals surface area contributed by atoms with Crippen LogP contribution >= 0.6 is 0 Å². The van der Waals surface area contributed by atoms with Crippen LogP contribution in [0, 0.1) is 13.8 Å². The minimum absolute atomic E-state index is 0.196. The first-order valence-corrected chi connectivity index (χ1v) is 11.6. The minimum Gasteiger partial charge on any atom is -0.755 e. The van der Waals surface area contributed by atoms with Crippen LogP contribution in [0.2, 0.25) is 0 Å². The third-order valence-corrected chi connectivity index (χ3v) is 6.04. The lowest BCUT2D eigenvalue weighted by molar-refractivity contribution is -0.156. The number of hydrogen-bond donors (Lipinski definition) is 0. The summed E-state index contributed by atoms with van der Waals surface area (Å²) in [5.41, 5.74) is 0.747. The summed E-state index contributed by atoms with van der Waals surface area (Å²) in [4.78, 5) is 40.1. The van der Waals surface area contributed by atoms with Crippen LogP contribution in [0.1, 0.15) is 52.6 Å². The molecule has 34 heavy (non-hydrogen) atoms. The molecule has 0 N–H and O–H groups in total. The molecule has 2 amide bonds. The molecule has 0 radical (unpaired) electrons. The summed E-state index contributed by atoms with van der Waals surface area (Å²) in [7, 11) is 1.49. The maximum Gasteiger partial charge on any atom is 0.332 e. The van der Waals surface area contributed by atoms with Crippen LogP contribution < -0.4 is 9.04 Å². The summed E-state index contributed by atoms with van der Waals surface area (Å²) in [5, 5.41) is 0. The van der Waals surface area contributed by atoms with Gasteiger partial charge in [-0.05, 0) is 70.0 Å². The second kappa shape index (κ2) is 9.55. The molecular formula is C24H27N2O7S-. The number of anilines is 1. The third-order valence-electron chi connectivity index (χ3n) is 5.28. The van der Waals surface area contributed by atoms with Crippen molar-refractivity contribution in [2.24, 2.45) is 0 Å². The monoisotopic (exact) mass is 487 g/mol. The molecule has 0 saturated heterocycles. The molecule has 10 heteroatoms. The predicted molar refractivity (Wildman–Crippen MR) is 125 cm³/mol. The Kier molecular flexibility index (Phi) is 7.13. The van der Waals surface area contributed by atoms with Crippen molar-refractivity contribution in [1.82, 2.24) is 4.90 Å². The van der Waals surface area contributed by atoms with E-state index in [1.54, 1.807) is 58.9 Å². The second-order valence-corrected chi connectivity index (χ2v) is 9.80. The fraction of sp³-hybridized carbons (Fsp3) is 0.375. The van der Waals surface area contributed by atoms with Gasteiger partial charge in [0.1, 0.15) is 11.4 Å². The van der Waals surface area contributed by atoms with E-state index >= 15 is 0 Å². The fourth-order valence-electron chi connectivity index (χ4n) is 3.91. The van der Waals surface area contributed by atoms with Crippen LogP contribution in [0.3, 0.4) is 0 Å². The summed E-state index contributed by atoms with van der Waals surface area (Å²) in [6.07, 6.45) is 0. The molecule has 182 valence electrons. The first-order valence-electron chi connectivity index (χ1n) is 10.6. The zero-order valence-corrected chi connectivity index (χ0v) is 20.7. The van der Waals surface area contributed by atoms with Gasteiger partial charge in [-0.25, -0.2) is 4.79 Å². The van der Waals surface area contributed by atoms with E-state index in [1.165, 1.54) is 19.2 Å². The van der Waals surface area contributed by atoms with E-state index in [-0.39, 0.29) is 16.8 Å².